The fourth-order valence-corrected chi connectivity index (χ4v) is 3.92. The number of hydrogen-bond acceptors (Lipinski definition) is 3. The Labute approximate surface area is 130 Å². The van der Waals surface area contributed by atoms with Gasteiger partial charge in [-0.15, -0.1) is 11.3 Å². The molecule has 0 N–H and O–H groups in total. The Morgan fingerprint density at radius 2 is 2.05 bits per heavy atom. The summed E-state index contributed by atoms with van der Waals surface area (Å²) in [6, 6.07) is 10.7. The molecule has 21 heavy (non-hydrogen) atoms. The van der Waals surface area contributed by atoms with E-state index in [1.54, 1.807) is 6.92 Å². The lowest BCUT2D eigenvalue weighted by Crippen LogP contribution is -2.28. The highest BCUT2D eigenvalue weighted by molar-refractivity contribution is 7.12. The van der Waals surface area contributed by atoms with Crippen molar-refractivity contribution in [2.75, 3.05) is 11.4 Å². The van der Waals surface area contributed by atoms with Crippen LogP contribution in [-0.2, 0) is 19.4 Å². The number of carbonyl (C=O) groups excluding carboxylic acids is 1. The van der Waals surface area contributed by atoms with Crippen LogP contribution in [0.15, 0.2) is 30.3 Å². The molecule has 0 atom stereocenters. The van der Waals surface area contributed by atoms with Gasteiger partial charge < -0.3 is 4.90 Å². The highest BCUT2D eigenvalue weighted by Gasteiger charge is 2.18. The Kier molecular flexibility index (Phi) is 4.11. The molecule has 0 saturated heterocycles. The zero-order valence-electron chi connectivity index (χ0n) is 12.7. The number of hydrogen-bond donors (Lipinski definition) is 0. The van der Waals surface area contributed by atoms with E-state index < -0.39 is 0 Å². The predicted octanol–water partition coefficient (Wildman–Crippen LogP) is 4.47. The zero-order valence-corrected chi connectivity index (χ0v) is 13.5. The van der Waals surface area contributed by atoms with Crippen LogP contribution >= 0.6 is 11.3 Å². The molecular formula is C18H21NOS. The SMILES string of the molecule is CCc1ccc(CN2CCCc3cc(C(C)=O)ccc32)s1. The van der Waals surface area contributed by atoms with Crippen LogP contribution in [0.2, 0.25) is 0 Å². The average Bonchev–Trinajstić information content (AvgIpc) is 2.94. The maximum absolute atomic E-state index is 11.5. The van der Waals surface area contributed by atoms with Crippen molar-refractivity contribution in [1.82, 2.24) is 0 Å². The van der Waals surface area contributed by atoms with E-state index in [1.165, 1.54) is 27.4 Å². The fraction of sp³-hybridized carbons (Fsp3) is 0.389. The number of ketones is 1. The fourth-order valence-electron chi connectivity index (χ4n) is 2.94. The number of Topliss-reactive ketones (excluding diaryl/α,β-unsaturated/α-hetero) is 1. The van der Waals surface area contributed by atoms with Gasteiger partial charge in [0.15, 0.2) is 5.78 Å². The van der Waals surface area contributed by atoms with Crippen molar-refractivity contribution in [3.8, 4) is 0 Å². The van der Waals surface area contributed by atoms with Gasteiger partial charge in [-0.1, -0.05) is 6.92 Å². The van der Waals surface area contributed by atoms with E-state index in [-0.39, 0.29) is 5.78 Å². The van der Waals surface area contributed by atoms with Crippen LogP contribution in [0.5, 0.6) is 0 Å². The third-order valence-corrected chi connectivity index (χ3v) is 5.33. The number of rotatable bonds is 4. The standard InChI is InChI=1S/C18H21NOS/c1-3-16-7-8-17(21-16)12-19-10-4-5-15-11-14(13(2)20)6-9-18(15)19/h6-9,11H,3-5,10,12H2,1-2H3. The Morgan fingerprint density at radius 3 is 2.76 bits per heavy atom. The summed E-state index contributed by atoms with van der Waals surface area (Å²) < 4.78 is 0. The summed E-state index contributed by atoms with van der Waals surface area (Å²) in [6.07, 6.45) is 3.36. The van der Waals surface area contributed by atoms with Crippen LogP contribution in [-0.4, -0.2) is 12.3 Å². The second-order valence-electron chi connectivity index (χ2n) is 5.65. The number of fused-ring (bicyclic) bond motifs is 1. The first kappa shape index (κ1) is 14.3. The van der Waals surface area contributed by atoms with Gasteiger partial charge in [-0.2, -0.15) is 0 Å². The number of carbonyl (C=O) groups is 1. The molecule has 0 spiro atoms. The molecule has 1 aliphatic heterocycles. The van der Waals surface area contributed by atoms with Crippen molar-refractivity contribution in [3.63, 3.8) is 0 Å². The van der Waals surface area contributed by atoms with E-state index in [4.69, 9.17) is 0 Å². The quantitative estimate of drug-likeness (QED) is 0.777. The molecule has 2 heterocycles. The monoisotopic (exact) mass is 299 g/mol. The van der Waals surface area contributed by atoms with Gasteiger partial charge in [-0.05, 0) is 62.1 Å². The third-order valence-electron chi connectivity index (χ3n) is 4.11. The molecule has 3 rings (SSSR count). The topological polar surface area (TPSA) is 20.3 Å². The van der Waals surface area contributed by atoms with Crippen molar-refractivity contribution in [2.45, 2.75) is 39.7 Å². The largest absolute Gasteiger partial charge is 0.366 e. The molecule has 0 bridgehead atoms. The molecule has 0 aliphatic carbocycles. The molecule has 1 aliphatic rings. The molecule has 110 valence electrons. The van der Waals surface area contributed by atoms with Gasteiger partial charge >= 0.3 is 0 Å². The zero-order chi connectivity index (χ0) is 14.8. The van der Waals surface area contributed by atoms with Gasteiger partial charge in [-0.3, -0.25) is 4.79 Å². The van der Waals surface area contributed by atoms with Crippen LogP contribution in [0, 0.1) is 0 Å². The summed E-state index contributed by atoms with van der Waals surface area (Å²) >= 11 is 1.91. The minimum Gasteiger partial charge on any atom is -0.366 e. The van der Waals surface area contributed by atoms with Crippen molar-refractivity contribution < 1.29 is 4.79 Å². The summed E-state index contributed by atoms with van der Waals surface area (Å²) in [5.41, 5.74) is 3.46. The van der Waals surface area contributed by atoms with Crippen molar-refractivity contribution in [3.05, 3.63) is 51.2 Å². The van der Waals surface area contributed by atoms with E-state index in [9.17, 15) is 4.79 Å². The normalized spacial score (nSPS) is 14.1. The summed E-state index contributed by atoms with van der Waals surface area (Å²) in [6.45, 7) is 5.93. The summed E-state index contributed by atoms with van der Waals surface area (Å²) in [7, 11) is 0. The number of aryl methyl sites for hydroxylation is 2. The van der Waals surface area contributed by atoms with Crippen LogP contribution in [0.1, 0.15) is 45.9 Å². The van der Waals surface area contributed by atoms with Crippen molar-refractivity contribution in [1.29, 1.82) is 0 Å². The first-order chi connectivity index (χ1) is 10.2. The summed E-state index contributed by atoms with van der Waals surface area (Å²) in [5, 5.41) is 0. The third kappa shape index (κ3) is 3.03. The van der Waals surface area contributed by atoms with Gasteiger partial charge in [0, 0.05) is 27.5 Å². The van der Waals surface area contributed by atoms with E-state index in [1.807, 2.05) is 17.4 Å². The highest BCUT2D eigenvalue weighted by atomic mass is 32.1. The number of benzene rings is 1. The van der Waals surface area contributed by atoms with Crippen molar-refractivity contribution in [2.24, 2.45) is 0 Å². The van der Waals surface area contributed by atoms with Crippen LogP contribution in [0.4, 0.5) is 5.69 Å². The summed E-state index contributed by atoms with van der Waals surface area (Å²) in [4.78, 5) is 16.9. The Morgan fingerprint density at radius 1 is 1.24 bits per heavy atom. The van der Waals surface area contributed by atoms with Crippen LogP contribution in [0.25, 0.3) is 0 Å². The average molecular weight is 299 g/mol. The van der Waals surface area contributed by atoms with Gasteiger partial charge in [0.05, 0.1) is 6.54 Å². The Bertz CT molecular complexity index is 659. The van der Waals surface area contributed by atoms with Gasteiger partial charge in [0.25, 0.3) is 0 Å². The molecule has 0 amide bonds. The molecule has 0 saturated carbocycles. The van der Waals surface area contributed by atoms with E-state index in [0.29, 0.717) is 0 Å². The first-order valence-corrected chi connectivity index (χ1v) is 8.45. The Balaban J connectivity index is 1.84. The summed E-state index contributed by atoms with van der Waals surface area (Å²) in [5.74, 6) is 0.153. The van der Waals surface area contributed by atoms with E-state index in [2.05, 4.69) is 36.1 Å². The smallest absolute Gasteiger partial charge is 0.159 e. The molecule has 0 radical (unpaired) electrons. The second-order valence-corrected chi connectivity index (χ2v) is 6.90. The first-order valence-electron chi connectivity index (χ1n) is 7.63. The Hall–Kier alpha value is -1.61. The molecular weight excluding hydrogens is 278 g/mol. The van der Waals surface area contributed by atoms with Gasteiger partial charge in [-0.25, -0.2) is 0 Å². The lowest BCUT2D eigenvalue weighted by Gasteiger charge is -2.31. The number of nitrogens with zero attached hydrogens (tertiary/aromatic N) is 1. The van der Waals surface area contributed by atoms with Crippen LogP contribution < -0.4 is 4.90 Å². The van der Waals surface area contributed by atoms with Gasteiger partial charge in [0.1, 0.15) is 0 Å². The maximum Gasteiger partial charge on any atom is 0.159 e. The molecule has 0 fully saturated rings. The molecule has 1 aromatic carbocycles. The molecule has 3 heteroatoms. The van der Waals surface area contributed by atoms with Crippen LogP contribution in [0.3, 0.4) is 0 Å². The lowest BCUT2D eigenvalue weighted by atomic mass is 9.98. The molecule has 2 nitrogen and oxygen atoms in total. The molecule has 1 aromatic heterocycles. The number of thiophene rings is 1. The molecule has 0 unspecified atom stereocenters. The second kappa shape index (κ2) is 6.02. The maximum atomic E-state index is 11.5. The minimum absolute atomic E-state index is 0.153. The lowest BCUT2D eigenvalue weighted by molar-refractivity contribution is 0.101. The van der Waals surface area contributed by atoms with Crippen molar-refractivity contribution >= 4 is 22.8 Å². The predicted molar refractivity (Wildman–Crippen MR) is 89.5 cm³/mol. The van der Waals surface area contributed by atoms with E-state index in [0.717, 1.165) is 31.5 Å². The van der Waals surface area contributed by atoms with Gasteiger partial charge in [0.2, 0.25) is 0 Å². The molecule has 2 aromatic rings. The number of anilines is 1. The van der Waals surface area contributed by atoms with E-state index >= 15 is 0 Å². The highest BCUT2D eigenvalue weighted by Crippen LogP contribution is 2.30. The minimum atomic E-state index is 0.153.